The number of ether oxygens (including phenoxy) is 2. The topological polar surface area (TPSA) is 52.0 Å². The van der Waals surface area contributed by atoms with Crippen LogP contribution in [0.15, 0.2) is 34.8 Å². The molecule has 2 aromatic carbocycles. The molecular weight excluding hydrogens is 396 g/mol. The molecule has 2 rings (SSSR count). The molecule has 0 aliphatic heterocycles. The Balaban J connectivity index is 2.01. The highest BCUT2D eigenvalue weighted by Crippen LogP contribution is 2.29. The summed E-state index contributed by atoms with van der Waals surface area (Å²) >= 11 is 3.43. The number of anilines is 1. The molecule has 0 aliphatic rings. The van der Waals surface area contributed by atoms with Crippen LogP contribution in [0.25, 0.3) is 0 Å². The fourth-order valence-electron chi connectivity index (χ4n) is 2.84. The number of aryl methyl sites for hydroxylation is 2. The van der Waals surface area contributed by atoms with Gasteiger partial charge in [-0.05, 0) is 55.3 Å². The van der Waals surface area contributed by atoms with Gasteiger partial charge in [0, 0.05) is 15.7 Å². The number of rotatable bonds is 7. The van der Waals surface area contributed by atoms with E-state index >= 15 is 0 Å². The molecule has 26 heavy (non-hydrogen) atoms. The monoisotopic (exact) mass is 421 g/mol. The zero-order chi connectivity index (χ0) is 19.3. The third-order valence-corrected chi connectivity index (χ3v) is 4.75. The second-order valence-electron chi connectivity index (χ2n) is 6.45. The molecule has 0 bridgehead atoms. The lowest BCUT2D eigenvalue weighted by molar-refractivity contribution is -0.885. The first-order valence-electron chi connectivity index (χ1n) is 8.42. The third kappa shape index (κ3) is 5.22. The molecule has 2 N–H and O–H groups in total. The zero-order valence-electron chi connectivity index (χ0n) is 15.9. The minimum Gasteiger partial charge on any atom is -0.493 e. The molecule has 1 unspecified atom stereocenters. The van der Waals surface area contributed by atoms with Crippen molar-refractivity contribution in [2.75, 3.05) is 33.1 Å². The Hall–Kier alpha value is -2.05. The van der Waals surface area contributed by atoms with E-state index in [4.69, 9.17) is 9.47 Å². The van der Waals surface area contributed by atoms with Gasteiger partial charge < -0.3 is 19.7 Å². The quantitative estimate of drug-likeness (QED) is 0.722. The number of halogens is 1. The Bertz CT molecular complexity index is 793. The normalized spacial score (nSPS) is 11.8. The Labute approximate surface area is 163 Å². The molecule has 1 atom stereocenters. The van der Waals surface area contributed by atoms with E-state index in [1.54, 1.807) is 14.2 Å². The minimum absolute atomic E-state index is 0.00829. The van der Waals surface area contributed by atoms with Crippen LogP contribution in [-0.2, 0) is 11.3 Å². The number of benzene rings is 2. The van der Waals surface area contributed by atoms with Gasteiger partial charge >= 0.3 is 0 Å². The number of carbonyl (C=O) groups is 1. The number of methoxy groups -OCH3 is 2. The third-order valence-electron chi connectivity index (χ3n) is 4.26. The summed E-state index contributed by atoms with van der Waals surface area (Å²) in [7, 11) is 5.26. The number of hydrogen-bond acceptors (Lipinski definition) is 3. The van der Waals surface area contributed by atoms with Crippen LogP contribution in [0.2, 0.25) is 0 Å². The van der Waals surface area contributed by atoms with Crippen molar-refractivity contribution in [3.63, 3.8) is 0 Å². The van der Waals surface area contributed by atoms with Crippen LogP contribution in [0.1, 0.15) is 16.7 Å². The Kier molecular flexibility index (Phi) is 7.06. The van der Waals surface area contributed by atoms with Crippen LogP contribution in [0.5, 0.6) is 11.5 Å². The van der Waals surface area contributed by atoms with Gasteiger partial charge in [0.2, 0.25) is 0 Å². The molecule has 1 amide bonds. The van der Waals surface area contributed by atoms with E-state index in [-0.39, 0.29) is 5.91 Å². The molecule has 6 heteroatoms. The van der Waals surface area contributed by atoms with E-state index in [1.165, 1.54) is 0 Å². The van der Waals surface area contributed by atoms with Crippen molar-refractivity contribution in [2.24, 2.45) is 0 Å². The van der Waals surface area contributed by atoms with Gasteiger partial charge in [-0.25, -0.2) is 0 Å². The molecule has 0 radical (unpaired) electrons. The average Bonchev–Trinajstić information content (AvgIpc) is 2.58. The Morgan fingerprint density at radius 2 is 1.73 bits per heavy atom. The number of hydrogen-bond donors (Lipinski definition) is 2. The fraction of sp³-hybridized carbons (Fsp3) is 0.350. The van der Waals surface area contributed by atoms with Gasteiger partial charge in [-0.2, -0.15) is 0 Å². The molecule has 0 fully saturated rings. The molecule has 0 saturated carbocycles. The van der Waals surface area contributed by atoms with Crippen molar-refractivity contribution >= 4 is 27.5 Å². The number of quaternary nitrogens is 1. The molecule has 5 nitrogen and oxygen atoms in total. The maximum atomic E-state index is 12.4. The number of amides is 1. The lowest BCUT2D eigenvalue weighted by atomic mass is 10.1. The van der Waals surface area contributed by atoms with Crippen LogP contribution in [-0.4, -0.2) is 33.7 Å². The molecule has 0 aromatic heterocycles. The van der Waals surface area contributed by atoms with Gasteiger partial charge in [-0.15, -0.1) is 0 Å². The molecule has 0 saturated heterocycles. The summed E-state index contributed by atoms with van der Waals surface area (Å²) < 4.78 is 11.7. The van der Waals surface area contributed by atoms with Crippen LogP contribution < -0.4 is 19.7 Å². The summed E-state index contributed by atoms with van der Waals surface area (Å²) in [6.45, 7) is 5.11. The summed E-state index contributed by atoms with van der Waals surface area (Å²) in [5.74, 6) is 1.41. The van der Waals surface area contributed by atoms with Gasteiger partial charge in [0.25, 0.3) is 5.91 Å². The lowest BCUT2D eigenvalue weighted by Crippen LogP contribution is -3.08. The highest BCUT2D eigenvalue weighted by Gasteiger charge is 2.15. The van der Waals surface area contributed by atoms with E-state index in [0.717, 1.165) is 44.0 Å². The lowest BCUT2D eigenvalue weighted by Gasteiger charge is -2.17. The summed E-state index contributed by atoms with van der Waals surface area (Å²) in [6, 6.07) is 9.76. The molecular formula is C20H26BrN2O3+. The molecule has 0 aliphatic carbocycles. The van der Waals surface area contributed by atoms with E-state index in [1.807, 2.05) is 51.2 Å². The van der Waals surface area contributed by atoms with Gasteiger partial charge in [0.1, 0.15) is 6.54 Å². The molecule has 0 heterocycles. The van der Waals surface area contributed by atoms with Gasteiger partial charge in [0.15, 0.2) is 18.0 Å². The van der Waals surface area contributed by atoms with Gasteiger partial charge in [-0.1, -0.05) is 15.9 Å². The Morgan fingerprint density at radius 1 is 1.08 bits per heavy atom. The first-order valence-corrected chi connectivity index (χ1v) is 9.22. The second kappa shape index (κ2) is 9.05. The van der Waals surface area contributed by atoms with E-state index in [2.05, 4.69) is 21.2 Å². The largest absolute Gasteiger partial charge is 0.493 e. The van der Waals surface area contributed by atoms with Crippen LogP contribution in [0.4, 0.5) is 5.69 Å². The molecule has 0 spiro atoms. The van der Waals surface area contributed by atoms with Gasteiger partial charge in [0.05, 0.1) is 21.3 Å². The van der Waals surface area contributed by atoms with Crippen molar-refractivity contribution in [1.29, 1.82) is 0 Å². The fourth-order valence-corrected chi connectivity index (χ4v) is 3.31. The van der Waals surface area contributed by atoms with Crippen LogP contribution in [0, 0.1) is 13.8 Å². The number of nitrogens with one attached hydrogen (secondary N) is 2. The SMILES string of the molecule is COc1cc(C)c(C[NH+](C)CC(=O)Nc2ccc(Br)cc2C)cc1OC. The first kappa shape index (κ1) is 20.3. The number of likely N-dealkylation sites (N-methyl/N-ethyl adjacent to an activating group) is 1. The van der Waals surface area contributed by atoms with Crippen molar-refractivity contribution in [3.8, 4) is 11.5 Å². The Morgan fingerprint density at radius 3 is 2.35 bits per heavy atom. The highest BCUT2D eigenvalue weighted by atomic mass is 79.9. The second-order valence-corrected chi connectivity index (χ2v) is 7.37. The molecule has 140 valence electrons. The van der Waals surface area contributed by atoms with E-state index in [0.29, 0.717) is 12.3 Å². The maximum Gasteiger partial charge on any atom is 0.279 e. The average molecular weight is 422 g/mol. The zero-order valence-corrected chi connectivity index (χ0v) is 17.5. The van der Waals surface area contributed by atoms with Crippen molar-refractivity contribution in [2.45, 2.75) is 20.4 Å². The van der Waals surface area contributed by atoms with E-state index in [9.17, 15) is 4.79 Å². The maximum absolute atomic E-state index is 12.4. The first-order chi connectivity index (χ1) is 12.3. The minimum atomic E-state index is -0.00829. The highest BCUT2D eigenvalue weighted by molar-refractivity contribution is 9.10. The summed E-state index contributed by atoms with van der Waals surface area (Å²) in [5.41, 5.74) is 4.12. The van der Waals surface area contributed by atoms with Crippen molar-refractivity contribution < 1.29 is 19.2 Å². The van der Waals surface area contributed by atoms with Crippen molar-refractivity contribution in [1.82, 2.24) is 0 Å². The van der Waals surface area contributed by atoms with Crippen LogP contribution >= 0.6 is 15.9 Å². The predicted molar refractivity (Wildman–Crippen MR) is 107 cm³/mol. The van der Waals surface area contributed by atoms with Crippen LogP contribution in [0.3, 0.4) is 0 Å². The standard InChI is InChI=1S/C20H25BrN2O3/c1-13-9-18(25-4)19(26-5)10-15(13)11-23(3)12-20(24)22-17-7-6-16(21)8-14(17)2/h6-10H,11-12H2,1-5H3,(H,22,24)/p+1. The van der Waals surface area contributed by atoms with E-state index < -0.39 is 0 Å². The summed E-state index contributed by atoms with van der Waals surface area (Å²) in [4.78, 5) is 13.5. The van der Waals surface area contributed by atoms with Gasteiger partial charge in [-0.3, -0.25) is 4.79 Å². The molecule has 2 aromatic rings. The predicted octanol–water partition coefficient (Wildman–Crippen LogP) is 2.74. The summed E-state index contributed by atoms with van der Waals surface area (Å²) in [5, 5.41) is 2.98. The number of carbonyl (C=O) groups excluding carboxylic acids is 1. The smallest absolute Gasteiger partial charge is 0.279 e. The van der Waals surface area contributed by atoms with Crippen molar-refractivity contribution in [3.05, 3.63) is 51.5 Å². The summed E-state index contributed by atoms with van der Waals surface area (Å²) in [6.07, 6.45) is 0.